The van der Waals surface area contributed by atoms with Gasteiger partial charge in [-0.25, -0.2) is 0 Å². The molecule has 2 aromatic heterocycles. The Bertz CT molecular complexity index is 766. The van der Waals surface area contributed by atoms with Crippen LogP contribution in [0.2, 0.25) is 0 Å². The Labute approximate surface area is 164 Å². The molecular weight excluding hydrogens is 358 g/mol. The van der Waals surface area contributed by atoms with Gasteiger partial charge in [-0.05, 0) is 63.0 Å². The predicted molar refractivity (Wildman–Crippen MR) is 103 cm³/mol. The molecule has 2 fully saturated rings. The number of hydrogen-bond acceptors (Lipinski definition) is 5. The molecule has 0 unspecified atom stereocenters. The number of hydrogen-bond donors (Lipinski definition) is 1. The first kappa shape index (κ1) is 18.8. The van der Waals surface area contributed by atoms with Gasteiger partial charge in [0.2, 0.25) is 5.91 Å². The van der Waals surface area contributed by atoms with Crippen molar-refractivity contribution in [3.63, 3.8) is 0 Å². The molecule has 2 aliphatic heterocycles. The van der Waals surface area contributed by atoms with Gasteiger partial charge in [-0.1, -0.05) is 0 Å². The minimum Gasteiger partial charge on any atom is -0.468 e. The monoisotopic (exact) mass is 385 g/mol. The number of rotatable bonds is 6. The number of amides is 2. The van der Waals surface area contributed by atoms with Crippen LogP contribution in [0.5, 0.6) is 0 Å². The third kappa shape index (κ3) is 4.14. The van der Waals surface area contributed by atoms with Gasteiger partial charge in [0, 0.05) is 19.6 Å². The van der Waals surface area contributed by atoms with Crippen LogP contribution in [0.25, 0.3) is 0 Å². The van der Waals surface area contributed by atoms with Gasteiger partial charge in [0.15, 0.2) is 5.76 Å². The Balaban J connectivity index is 1.35. The van der Waals surface area contributed by atoms with Crippen molar-refractivity contribution in [2.75, 3.05) is 32.7 Å². The quantitative estimate of drug-likeness (QED) is 0.827. The SMILES string of the molecule is O=C(NC[C@H](c1ccco1)N1CCCC1)[C@H]1CCCN(C(=O)c2ccco2)C1. The van der Waals surface area contributed by atoms with Gasteiger partial charge < -0.3 is 19.1 Å². The van der Waals surface area contributed by atoms with Crippen LogP contribution >= 0.6 is 0 Å². The van der Waals surface area contributed by atoms with Gasteiger partial charge in [-0.15, -0.1) is 0 Å². The van der Waals surface area contributed by atoms with E-state index in [2.05, 4.69) is 10.2 Å². The van der Waals surface area contributed by atoms with E-state index in [0.29, 0.717) is 25.4 Å². The van der Waals surface area contributed by atoms with Crippen molar-refractivity contribution in [3.05, 3.63) is 48.3 Å². The zero-order chi connectivity index (χ0) is 19.3. The zero-order valence-corrected chi connectivity index (χ0v) is 16.0. The molecule has 1 N–H and O–H groups in total. The Hall–Kier alpha value is -2.54. The third-order valence-electron chi connectivity index (χ3n) is 5.73. The van der Waals surface area contributed by atoms with Crippen LogP contribution in [0, 0.1) is 5.92 Å². The standard InChI is InChI=1S/C21H27N3O4/c25-20(16-6-3-11-24(15-16)21(26)19-8-5-13-28-19)22-14-17(18-7-4-12-27-18)23-9-1-2-10-23/h4-5,7-8,12-13,16-17H,1-3,6,9-11,14-15H2,(H,22,25)/t16-,17+/m0/s1. The number of piperidine rings is 1. The number of nitrogens with zero attached hydrogens (tertiary/aromatic N) is 2. The second kappa shape index (κ2) is 8.65. The third-order valence-corrected chi connectivity index (χ3v) is 5.73. The number of carbonyl (C=O) groups is 2. The average Bonchev–Trinajstić information content (AvgIpc) is 3.51. The minimum atomic E-state index is -0.191. The fraction of sp³-hybridized carbons (Fsp3) is 0.524. The number of furan rings is 2. The van der Waals surface area contributed by atoms with Gasteiger partial charge in [0.05, 0.1) is 24.5 Å². The second-order valence-corrected chi connectivity index (χ2v) is 7.59. The van der Waals surface area contributed by atoms with E-state index in [9.17, 15) is 9.59 Å². The maximum absolute atomic E-state index is 12.8. The van der Waals surface area contributed by atoms with Gasteiger partial charge in [-0.2, -0.15) is 0 Å². The highest BCUT2D eigenvalue weighted by Gasteiger charge is 2.31. The molecule has 0 aliphatic carbocycles. The summed E-state index contributed by atoms with van der Waals surface area (Å²) in [7, 11) is 0. The van der Waals surface area contributed by atoms with E-state index >= 15 is 0 Å². The lowest BCUT2D eigenvalue weighted by Crippen LogP contribution is -2.46. The van der Waals surface area contributed by atoms with E-state index in [1.165, 1.54) is 19.1 Å². The van der Waals surface area contributed by atoms with Crippen molar-refractivity contribution in [2.24, 2.45) is 5.92 Å². The first-order chi connectivity index (χ1) is 13.7. The molecule has 2 atom stereocenters. The summed E-state index contributed by atoms with van der Waals surface area (Å²) in [5, 5.41) is 3.11. The summed E-state index contributed by atoms with van der Waals surface area (Å²) in [6.45, 7) is 3.66. The highest BCUT2D eigenvalue weighted by atomic mass is 16.3. The summed E-state index contributed by atoms with van der Waals surface area (Å²) in [6, 6.07) is 7.29. The van der Waals surface area contributed by atoms with E-state index in [1.54, 1.807) is 23.3 Å². The van der Waals surface area contributed by atoms with Crippen molar-refractivity contribution in [2.45, 2.75) is 31.7 Å². The molecule has 2 saturated heterocycles. The molecule has 150 valence electrons. The molecule has 7 nitrogen and oxygen atoms in total. The van der Waals surface area contributed by atoms with E-state index in [0.717, 1.165) is 31.7 Å². The van der Waals surface area contributed by atoms with Crippen molar-refractivity contribution in [1.82, 2.24) is 15.1 Å². The normalized spacial score (nSPS) is 21.6. The molecule has 0 bridgehead atoms. The van der Waals surface area contributed by atoms with Crippen molar-refractivity contribution < 1.29 is 18.4 Å². The number of likely N-dealkylation sites (tertiary alicyclic amines) is 2. The van der Waals surface area contributed by atoms with Crippen LogP contribution in [0.3, 0.4) is 0 Å². The Morgan fingerprint density at radius 2 is 1.86 bits per heavy atom. The first-order valence-electron chi connectivity index (χ1n) is 10.1. The molecule has 0 radical (unpaired) electrons. The molecule has 0 aromatic carbocycles. The fourth-order valence-electron chi connectivity index (χ4n) is 4.22. The zero-order valence-electron chi connectivity index (χ0n) is 16.0. The molecule has 0 saturated carbocycles. The molecule has 2 aliphatic rings. The molecule has 0 spiro atoms. The van der Waals surface area contributed by atoms with E-state index in [4.69, 9.17) is 8.83 Å². The first-order valence-corrected chi connectivity index (χ1v) is 10.1. The summed E-state index contributed by atoms with van der Waals surface area (Å²) >= 11 is 0. The molecule has 7 heteroatoms. The molecular formula is C21H27N3O4. The molecule has 4 rings (SSSR count). The van der Waals surface area contributed by atoms with Gasteiger partial charge >= 0.3 is 0 Å². The van der Waals surface area contributed by atoms with Crippen LogP contribution in [0.4, 0.5) is 0 Å². The summed E-state index contributed by atoms with van der Waals surface area (Å²) in [5.74, 6) is 0.887. The highest BCUT2D eigenvalue weighted by molar-refractivity contribution is 5.92. The second-order valence-electron chi connectivity index (χ2n) is 7.59. The number of carbonyl (C=O) groups excluding carboxylic acids is 2. The summed E-state index contributed by atoms with van der Waals surface area (Å²) < 4.78 is 10.8. The lowest BCUT2D eigenvalue weighted by atomic mass is 9.96. The van der Waals surface area contributed by atoms with Crippen LogP contribution in [0.15, 0.2) is 45.6 Å². The Morgan fingerprint density at radius 3 is 2.57 bits per heavy atom. The topological polar surface area (TPSA) is 78.9 Å². The maximum atomic E-state index is 12.8. The Morgan fingerprint density at radius 1 is 1.07 bits per heavy atom. The summed E-state index contributed by atoms with van der Waals surface area (Å²) in [4.78, 5) is 29.4. The summed E-state index contributed by atoms with van der Waals surface area (Å²) in [6.07, 6.45) is 7.14. The van der Waals surface area contributed by atoms with Crippen molar-refractivity contribution in [3.8, 4) is 0 Å². The van der Waals surface area contributed by atoms with Crippen molar-refractivity contribution >= 4 is 11.8 Å². The Kier molecular flexibility index (Phi) is 5.81. The minimum absolute atomic E-state index is 0.00713. The largest absolute Gasteiger partial charge is 0.468 e. The van der Waals surface area contributed by atoms with Crippen LogP contribution in [-0.2, 0) is 4.79 Å². The van der Waals surface area contributed by atoms with Crippen molar-refractivity contribution in [1.29, 1.82) is 0 Å². The smallest absolute Gasteiger partial charge is 0.289 e. The molecule has 4 heterocycles. The molecule has 2 aromatic rings. The van der Waals surface area contributed by atoms with Crippen LogP contribution in [0.1, 0.15) is 48.0 Å². The average molecular weight is 385 g/mol. The summed E-state index contributed by atoms with van der Waals surface area (Å²) in [5.41, 5.74) is 0. The predicted octanol–water partition coefficient (Wildman–Crippen LogP) is 2.68. The number of nitrogens with one attached hydrogen (secondary N) is 1. The maximum Gasteiger partial charge on any atom is 0.289 e. The lowest BCUT2D eigenvalue weighted by Gasteiger charge is -2.32. The van der Waals surface area contributed by atoms with Gasteiger partial charge in [0.25, 0.3) is 5.91 Å². The molecule has 28 heavy (non-hydrogen) atoms. The van der Waals surface area contributed by atoms with Crippen LogP contribution < -0.4 is 5.32 Å². The highest BCUT2D eigenvalue weighted by Crippen LogP contribution is 2.25. The van der Waals surface area contributed by atoms with Gasteiger partial charge in [0.1, 0.15) is 5.76 Å². The molecule has 2 amide bonds. The fourth-order valence-corrected chi connectivity index (χ4v) is 4.22. The van der Waals surface area contributed by atoms with Crippen LogP contribution in [-0.4, -0.2) is 54.3 Å². The van der Waals surface area contributed by atoms with E-state index in [-0.39, 0.29) is 23.8 Å². The lowest BCUT2D eigenvalue weighted by molar-refractivity contribution is -0.126. The van der Waals surface area contributed by atoms with E-state index < -0.39 is 0 Å². The van der Waals surface area contributed by atoms with E-state index in [1.807, 2.05) is 12.1 Å². The van der Waals surface area contributed by atoms with Gasteiger partial charge in [-0.3, -0.25) is 14.5 Å².